The topological polar surface area (TPSA) is 121 Å². The van der Waals surface area contributed by atoms with E-state index in [0.717, 1.165) is 47.8 Å². The van der Waals surface area contributed by atoms with Crippen LogP contribution in [-0.2, 0) is 32.4 Å². The first-order valence-corrected chi connectivity index (χ1v) is 14.3. The molecule has 3 heterocycles. The molecule has 34 heavy (non-hydrogen) atoms. The first-order valence-electron chi connectivity index (χ1n) is 11.1. The van der Waals surface area contributed by atoms with Gasteiger partial charge in [0.25, 0.3) is 5.56 Å². The molecule has 2 aliphatic rings. The van der Waals surface area contributed by atoms with Crippen LogP contribution in [0.2, 0.25) is 0 Å². The molecule has 0 atom stereocenters. The average molecular weight is 521 g/mol. The maximum atomic E-state index is 12.7. The lowest BCUT2D eigenvalue weighted by Gasteiger charge is -2.26. The van der Waals surface area contributed by atoms with E-state index in [0.29, 0.717) is 42.5 Å². The van der Waals surface area contributed by atoms with Crippen LogP contribution in [0.25, 0.3) is 10.2 Å². The number of anilines is 1. The molecular weight excluding hydrogens is 496 g/mol. The molecule has 1 fully saturated rings. The summed E-state index contributed by atoms with van der Waals surface area (Å²) in [6.07, 6.45) is 4.14. The second-order valence-corrected chi connectivity index (χ2v) is 12.1. The summed E-state index contributed by atoms with van der Waals surface area (Å²) in [6.45, 7) is 1.42. The van der Waals surface area contributed by atoms with Gasteiger partial charge >= 0.3 is 0 Å². The van der Waals surface area contributed by atoms with Gasteiger partial charge in [-0.2, -0.15) is 4.31 Å². The van der Waals surface area contributed by atoms with Crippen LogP contribution in [-0.4, -0.2) is 60.7 Å². The Morgan fingerprint density at radius 2 is 1.91 bits per heavy atom. The Hall–Kier alpha value is -2.25. The number of ether oxygens (including phenoxy) is 1. The highest BCUT2D eigenvalue weighted by atomic mass is 32.2. The minimum absolute atomic E-state index is 0.0629. The zero-order valence-corrected chi connectivity index (χ0v) is 20.8. The fraction of sp³-hybridized carbons (Fsp3) is 0.409. The van der Waals surface area contributed by atoms with Crippen molar-refractivity contribution in [3.63, 3.8) is 0 Å². The van der Waals surface area contributed by atoms with Gasteiger partial charge in [0.1, 0.15) is 4.83 Å². The second-order valence-electron chi connectivity index (χ2n) is 8.14. The molecule has 1 amide bonds. The van der Waals surface area contributed by atoms with Gasteiger partial charge in [-0.1, -0.05) is 11.8 Å². The lowest BCUT2D eigenvalue weighted by atomic mass is 9.97. The van der Waals surface area contributed by atoms with Gasteiger partial charge in [-0.15, -0.1) is 11.3 Å². The van der Waals surface area contributed by atoms with Gasteiger partial charge in [-0.3, -0.25) is 9.59 Å². The molecule has 0 bridgehead atoms. The molecule has 1 aliphatic carbocycles. The number of carbonyl (C=O) groups excluding carboxylic acids is 1. The molecule has 12 heteroatoms. The zero-order valence-electron chi connectivity index (χ0n) is 18.3. The summed E-state index contributed by atoms with van der Waals surface area (Å²) in [5, 5.41) is 3.87. The SMILES string of the molecule is O=C(CSc1nc2sc3c(c2c(=O)[nH]1)CCCC3)Nc1ccc(S(=O)(=O)N2CCOCC2)cc1. The van der Waals surface area contributed by atoms with E-state index in [1.54, 1.807) is 23.5 Å². The molecule has 2 aromatic heterocycles. The van der Waals surface area contributed by atoms with E-state index in [-0.39, 0.29) is 22.1 Å². The molecule has 0 unspecified atom stereocenters. The normalized spacial score (nSPS) is 16.9. The fourth-order valence-corrected chi connectivity index (χ4v) is 7.58. The Morgan fingerprint density at radius 1 is 1.18 bits per heavy atom. The summed E-state index contributed by atoms with van der Waals surface area (Å²) in [4.78, 5) is 34.6. The first kappa shape index (κ1) is 23.5. The molecule has 1 aliphatic heterocycles. The lowest BCUT2D eigenvalue weighted by Crippen LogP contribution is -2.40. The number of sulfonamides is 1. The minimum Gasteiger partial charge on any atom is -0.379 e. The highest BCUT2D eigenvalue weighted by Crippen LogP contribution is 2.34. The predicted molar refractivity (Wildman–Crippen MR) is 132 cm³/mol. The molecule has 0 saturated carbocycles. The number of rotatable bonds is 6. The number of aryl methyl sites for hydroxylation is 2. The Labute approximate surface area is 205 Å². The third-order valence-corrected chi connectivity index (χ3v) is 9.86. The van der Waals surface area contributed by atoms with Gasteiger partial charge in [0.2, 0.25) is 15.9 Å². The molecule has 180 valence electrons. The summed E-state index contributed by atoms with van der Waals surface area (Å²) >= 11 is 2.74. The van der Waals surface area contributed by atoms with Crippen LogP contribution in [0.15, 0.2) is 39.1 Å². The number of thiophene rings is 1. The lowest BCUT2D eigenvalue weighted by molar-refractivity contribution is -0.113. The van der Waals surface area contributed by atoms with Crippen LogP contribution in [0.3, 0.4) is 0 Å². The number of hydrogen-bond donors (Lipinski definition) is 2. The third kappa shape index (κ3) is 4.78. The Balaban J connectivity index is 1.22. The van der Waals surface area contributed by atoms with Gasteiger partial charge in [0, 0.05) is 23.7 Å². The summed E-state index contributed by atoms with van der Waals surface area (Å²) in [5.41, 5.74) is 1.48. The van der Waals surface area contributed by atoms with E-state index < -0.39 is 10.0 Å². The molecule has 9 nitrogen and oxygen atoms in total. The van der Waals surface area contributed by atoms with Crippen molar-refractivity contribution in [2.24, 2.45) is 0 Å². The molecule has 3 aromatic rings. The number of aromatic amines is 1. The van der Waals surface area contributed by atoms with Crippen molar-refractivity contribution in [3.05, 3.63) is 45.1 Å². The minimum atomic E-state index is -3.58. The maximum Gasteiger partial charge on any atom is 0.260 e. The van der Waals surface area contributed by atoms with Crippen molar-refractivity contribution >= 4 is 54.9 Å². The number of H-pyrrole nitrogens is 1. The van der Waals surface area contributed by atoms with E-state index >= 15 is 0 Å². The van der Waals surface area contributed by atoms with E-state index in [9.17, 15) is 18.0 Å². The fourth-order valence-electron chi connectivity index (χ4n) is 4.19. The Kier molecular flexibility index (Phi) is 6.76. The predicted octanol–water partition coefficient (Wildman–Crippen LogP) is 2.62. The van der Waals surface area contributed by atoms with Crippen molar-refractivity contribution in [3.8, 4) is 0 Å². The smallest absolute Gasteiger partial charge is 0.260 e. The molecule has 2 N–H and O–H groups in total. The summed E-state index contributed by atoms with van der Waals surface area (Å²) < 4.78 is 32.0. The van der Waals surface area contributed by atoms with Crippen LogP contribution in [0.1, 0.15) is 23.3 Å². The number of morpholine rings is 1. The van der Waals surface area contributed by atoms with Crippen molar-refractivity contribution in [1.29, 1.82) is 0 Å². The van der Waals surface area contributed by atoms with E-state index in [1.165, 1.54) is 21.3 Å². The van der Waals surface area contributed by atoms with Crippen LogP contribution in [0.4, 0.5) is 5.69 Å². The number of fused-ring (bicyclic) bond motifs is 3. The number of benzene rings is 1. The number of thioether (sulfide) groups is 1. The zero-order chi connectivity index (χ0) is 23.7. The van der Waals surface area contributed by atoms with Crippen LogP contribution >= 0.6 is 23.1 Å². The molecule has 1 aromatic carbocycles. The van der Waals surface area contributed by atoms with Crippen LogP contribution < -0.4 is 10.9 Å². The highest BCUT2D eigenvalue weighted by molar-refractivity contribution is 7.99. The summed E-state index contributed by atoms with van der Waals surface area (Å²) in [6, 6.07) is 6.11. The second kappa shape index (κ2) is 9.78. The van der Waals surface area contributed by atoms with E-state index in [1.807, 2.05) is 0 Å². The van der Waals surface area contributed by atoms with E-state index in [4.69, 9.17) is 4.74 Å². The monoisotopic (exact) mass is 520 g/mol. The van der Waals surface area contributed by atoms with E-state index in [2.05, 4.69) is 15.3 Å². The largest absolute Gasteiger partial charge is 0.379 e. The van der Waals surface area contributed by atoms with Crippen molar-refractivity contribution in [2.75, 3.05) is 37.4 Å². The first-order chi connectivity index (χ1) is 16.4. The number of nitrogens with zero attached hydrogens (tertiary/aromatic N) is 2. The van der Waals surface area contributed by atoms with Crippen molar-refractivity contribution in [2.45, 2.75) is 35.7 Å². The molecule has 0 radical (unpaired) electrons. The molecule has 5 rings (SSSR count). The molecular formula is C22H24N4O5S3. The van der Waals surface area contributed by atoms with Crippen molar-refractivity contribution in [1.82, 2.24) is 14.3 Å². The number of amides is 1. The Morgan fingerprint density at radius 3 is 2.68 bits per heavy atom. The summed E-state index contributed by atoms with van der Waals surface area (Å²) in [5.74, 6) is -0.213. The number of hydrogen-bond acceptors (Lipinski definition) is 8. The van der Waals surface area contributed by atoms with Crippen molar-refractivity contribution < 1.29 is 17.9 Å². The van der Waals surface area contributed by atoms with Gasteiger partial charge in [-0.25, -0.2) is 13.4 Å². The number of aromatic nitrogens is 2. The van der Waals surface area contributed by atoms with Gasteiger partial charge < -0.3 is 15.0 Å². The maximum absolute atomic E-state index is 12.7. The van der Waals surface area contributed by atoms with Gasteiger partial charge in [0.15, 0.2) is 5.16 Å². The Bertz CT molecular complexity index is 1380. The standard InChI is InChI=1S/C22H24N4O5S3/c27-18(23-14-5-7-15(8-6-14)34(29,30)26-9-11-31-12-10-26)13-32-22-24-20(28)19-16-3-1-2-4-17(16)33-21(19)25-22/h5-8H,1-4,9-13H2,(H,23,27)(H,24,25,28). The summed E-state index contributed by atoms with van der Waals surface area (Å²) in [7, 11) is -3.58. The average Bonchev–Trinajstić information content (AvgIpc) is 3.23. The third-order valence-electron chi connectivity index (χ3n) is 5.89. The van der Waals surface area contributed by atoms with Gasteiger partial charge in [0.05, 0.1) is 29.2 Å². The quantitative estimate of drug-likeness (QED) is 0.379. The highest BCUT2D eigenvalue weighted by Gasteiger charge is 2.26. The molecule has 0 spiro atoms. The van der Waals surface area contributed by atoms with Crippen LogP contribution in [0.5, 0.6) is 0 Å². The number of nitrogens with one attached hydrogen (secondary N) is 2. The van der Waals surface area contributed by atoms with Crippen LogP contribution in [0, 0.1) is 0 Å². The number of carbonyl (C=O) groups is 1. The van der Waals surface area contributed by atoms with Gasteiger partial charge in [-0.05, 0) is 55.5 Å². The molecule has 1 saturated heterocycles.